The van der Waals surface area contributed by atoms with Crippen LogP contribution in [0.5, 0.6) is 0 Å². The van der Waals surface area contributed by atoms with Crippen molar-refractivity contribution in [2.24, 2.45) is 0 Å². The van der Waals surface area contributed by atoms with Gasteiger partial charge in [0.2, 0.25) is 5.95 Å². The summed E-state index contributed by atoms with van der Waals surface area (Å²) in [6.07, 6.45) is 0. The van der Waals surface area contributed by atoms with E-state index in [9.17, 15) is 13.7 Å². The minimum Gasteiger partial charge on any atom is -0.278 e. The molecule has 0 fully saturated rings. The van der Waals surface area contributed by atoms with Crippen LogP contribution < -0.4 is 20.7 Å². The zero-order valence-electron chi connectivity index (χ0n) is 56.8. The van der Waals surface area contributed by atoms with E-state index in [1.165, 1.54) is 0 Å². The number of para-hydroxylation sites is 2. The average molecular weight is 689 g/mol. The monoisotopic (exact) mass is 688 g/mol. The third-order valence-electron chi connectivity index (χ3n) is 7.43. The Labute approximate surface area is 337 Å². The first kappa shape index (κ1) is 11.3. The number of hydrogen-bond acceptors (Lipinski definition) is 3. The van der Waals surface area contributed by atoms with Crippen molar-refractivity contribution >= 4 is 50.6 Å². The van der Waals surface area contributed by atoms with E-state index in [2.05, 4.69) is 15.0 Å². The minimum atomic E-state index is -6.38. The van der Waals surface area contributed by atoms with E-state index in [0.717, 1.165) is 0 Å². The standard InChI is InChI=1S/C45H32N4Si/c1-5-17-33(18-6-1)43-46-44(48-45(47-43)49-41-27-15-13-25-39(41)40-26-14-16-28-42(40)49)34-29-31-38(32-30-34)50(35-19-7-2-8-20-35,36-21-9-3-10-22-36)37-23-11-4-12-24-37/h1-32H/i1D,2D,3D,4D,5D,6D,7D,8D,9D,10D,11D,12D,13D,14D,15D,16D,17D,18D,19D,20D,21D,22D,23D,24D,25D,26D,27D,28D,29D,30D,31D,32D. The maximum Gasteiger partial charge on any atom is 0.238 e. The van der Waals surface area contributed by atoms with Crippen LogP contribution in [0.2, 0.25) is 0 Å². The smallest absolute Gasteiger partial charge is 0.238 e. The van der Waals surface area contributed by atoms with Gasteiger partial charge < -0.3 is 0 Å². The number of aromatic nitrogens is 4. The van der Waals surface area contributed by atoms with Gasteiger partial charge in [-0.2, -0.15) is 9.97 Å². The molecule has 0 aliphatic heterocycles. The van der Waals surface area contributed by atoms with Crippen LogP contribution in [0.15, 0.2) is 193 Å². The van der Waals surface area contributed by atoms with E-state index in [1.54, 1.807) is 0 Å². The average Bonchev–Trinajstić information content (AvgIpc) is 1.43. The second-order valence-corrected chi connectivity index (χ2v) is 13.6. The third-order valence-corrected chi connectivity index (χ3v) is 11.4. The van der Waals surface area contributed by atoms with Gasteiger partial charge in [0.25, 0.3) is 0 Å². The molecular formula is C45H32N4Si. The first-order chi connectivity index (χ1) is 38.1. The fourth-order valence-corrected chi connectivity index (χ4v) is 8.85. The van der Waals surface area contributed by atoms with Gasteiger partial charge in [-0.15, -0.1) is 0 Å². The van der Waals surface area contributed by atoms with Crippen molar-refractivity contribution in [1.29, 1.82) is 0 Å². The fraction of sp³-hybridized carbons (Fsp3) is 0. The summed E-state index contributed by atoms with van der Waals surface area (Å²) < 4.78 is 288. The summed E-state index contributed by atoms with van der Waals surface area (Å²) in [4.78, 5) is 13.0. The summed E-state index contributed by atoms with van der Waals surface area (Å²) in [5, 5.41) is -5.83. The maximum absolute atomic E-state index is 9.97. The van der Waals surface area contributed by atoms with Gasteiger partial charge in [-0.3, -0.25) is 4.57 Å². The van der Waals surface area contributed by atoms with Crippen molar-refractivity contribution < 1.29 is 43.9 Å². The molecule has 50 heavy (non-hydrogen) atoms. The van der Waals surface area contributed by atoms with Crippen molar-refractivity contribution in [3.63, 3.8) is 0 Å². The molecule has 236 valence electrons. The highest BCUT2D eigenvalue weighted by Gasteiger charge is 2.41. The molecule has 0 aliphatic carbocycles. The SMILES string of the molecule is [2H]c1c([2H])c([2H])c(-c2nc(-c3c([2H])c([2H])c([Si](c4c([2H])c([2H])c([2H])c([2H])c4[2H])(c4c([2H])c([2H])c([2H])c([2H])c4[2H])c4c([2H])c([2H])c([2H])c([2H])c4[2H])c([2H])c3[2H])nc(-n3c4c([2H])c([2H])c([2H])c([2H])c4c4c([2H])c([2H])c([2H])c([2H])c43)n2)c([2H])c1[2H]. The van der Waals surface area contributed by atoms with Crippen LogP contribution in [0.25, 0.3) is 50.5 Å². The van der Waals surface area contributed by atoms with Crippen LogP contribution >= 0.6 is 0 Å². The second-order valence-electron chi connectivity index (χ2n) is 10.1. The number of rotatable bonds is 7. The van der Waals surface area contributed by atoms with Gasteiger partial charge in [0, 0.05) is 21.9 Å². The highest BCUT2D eigenvalue weighted by atomic mass is 28.3. The van der Waals surface area contributed by atoms with Crippen LogP contribution in [0.1, 0.15) is 43.9 Å². The molecule has 5 heteroatoms. The predicted molar refractivity (Wildman–Crippen MR) is 209 cm³/mol. The molecule has 0 saturated heterocycles. The maximum atomic E-state index is 9.97. The fourth-order valence-electron chi connectivity index (χ4n) is 5.35. The van der Waals surface area contributed by atoms with Gasteiger partial charge in [-0.05, 0) is 32.8 Å². The van der Waals surface area contributed by atoms with Crippen molar-refractivity contribution in [3.8, 4) is 28.7 Å². The lowest BCUT2D eigenvalue weighted by Crippen LogP contribution is -2.74. The molecule has 4 nitrogen and oxygen atoms in total. The Hall–Kier alpha value is -6.43. The van der Waals surface area contributed by atoms with Crippen LogP contribution in [-0.2, 0) is 0 Å². The van der Waals surface area contributed by atoms with Crippen LogP contribution in [0.4, 0.5) is 0 Å². The van der Waals surface area contributed by atoms with Gasteiger partial charge in [0.1, 0.15) is 0 Å². The molecule has 0 bridgehead atoms. The van der Waals surface area contributed by atoms with Crippen molar-refractivity contribution in [3.05, 3.63) is 193 Å². The Morgan fingerprint density at radius 3 is 1.18 bits per heavy atom. The molecule has 7 aromatic carbocycles. The molecule has 2 aromatic heterocycles. The van der Waals surface area contributed by atoms with Gasteiger partial charge in [-0.25, -0.2) is 4.98 Å². The summed E-state index contributed by atoms with van der Waals surface area (Å²) in [6, 6.07) is -36.0. The molecule has 0 atom stereocenters. The van der Waals surface area contributed by atoms with Crippen molar-refractivity contribution in [2.45, 2.75) is 0 Å². The Kier molecular flexibility index (Phi) is 2.84. The van der Waals surface area contributed by atoms with Crippen molar-refractivity contribution in [2.75, 3.05) is 0 Å². The molecule has 0 N–H and O–H groups in total. The Bertz CT molecular complexity index is 4060. The van der Waals surface area contributed by atoms with Gasteiger partial charge in [0.15, 0.2) is 19.7 Å². The van der Waals surface area contributed by atoms with E-state index in [0.29, 0.717) is 4.57 Å². The van der Waals surface area contributed by atoms with Crippen LogP contribution in [0.3, 0.4) is 0 Å². The van der Waals surface area contributed by atoms with Crippen molar-refractivity contribution in [1.82, 2.24) is 19.5 Å². The lowest BCUT2D eigenvalue weighted by Gasteiger charge is -2.34. The van der Waals surface area contributed by atoms with Gasteiger partial charge in [-0.1, -0.05) is 181 Å². The molecular weight excluding hydrogens is 625 g/mol. The number of fused-ring (bicyclic) bond motifs is 3. The Balaban J connectivity index is 1.58. The van der Waals surface area contributed by atoms with Crippen LogP contribution in [-0.4, -0.2) is 27.6 Å². The predicted octanol–water partition coefficient (Wildman–Crippen LogP) is 7.68. The van der Waals surface area contributed by atoms with E-state index in [-0.39, 0.29) is 0 Å². The van der Waals surface area contributed by atoms with E-state index < -0.39 is 273 Å². The lowest BCUT2D eigenvalue weighted by molar-refractivity contribution is 0.953. The first-order valence-electron chi connectivity index (χ1n) is 30.3. The second kappa shape index (κ2) is 12.5. The topological polar surface area (TPSA) is 43.6 Å². The molecule has 2 heterocycles. The lowest BCUT2D eigenvalue weighted by atomic mass is 10.2. The molecule has 0 radical (unpaired) electrons. The zero-order chi connectivity index (χ0) is 61.2. The molecule has 0 spiro atoms. The minimum absolute atomic E-state index is 0.540. The highest BCUT2D eigenvalue weighted by Crippen LogP contribution is 2.32. The van der Waals surface area contributed by atoms with E-state index in [4.69, 9.17) is 30.2 Å². The summed E-state index contributed by atoms with van der Waals surface area (Å²) in [5.74, 6) is -3.05. The summed E-state index contributed by atoms with van der Waals surface area (Å²) in [7, 11) is -6.38. The summed E-state index contributed by atoms with van der Waals surface area (Å²) >= 11 is 0. The molecule has 0 unspecified atom stereocenters. The van der Waals surface area contributed by atoms with E-state index >= 15 is 0 Å². The first-order valence-corrected chi connectivity index (χ1v) is 16.3. The zero-order valence-corrected chi connectivity index (χ0v) is 25.8. The summed E-state index contributed by atoms with van der Waals surface area (Å²) in [5.41, 5.74) is -3.26. The molecule has 9 aromatic rings. The molecule has 0 aliphatic rings. The quantitative estimate of drug-likeness (QED) is 0.128. The van der Waals surface area contributed by atoms with Gasteiger partial charge >= 0.3 is 0 Å². The summed E-state index contributed by atoms with van der Waals surface area (Å²) in [6.45, 7) is 0. The molecule has 0 amide bonds. The Morgan fingerprint density at radius 1 is 0.360 bits per heavy atom. The number of benzene rings is 7. The Morgan fingerprint density at radius 2 is 0.720 bits per heavy atom. The largest absolute Gasteiger partial charge is 0.278 e. The van der Waals surface area contributed by atoms with Gasteiger partial charge in [0.05, 0.1) is 54.9 Å². The number of nitrogens with zero attached hydrogens (tertiary/aromatic N) is 4. The van der Waals surface area contributed by atoms with Crippen LogP contribution in [0, 0.1) is 0 Å². The normalized spacial score (nSPS) is 20.6. The number of hydrogen-bond donors (Lipinski definition) is 0. The van der Waals surface area contributed by atoms with E-state index in [1.807, 2.05) is 0 Å². The highest BCUT2D eigenvalue weighted by molar-refractivity contribution is 7.19. The molecule has 0 saturated carbocycles. The molecule has 9 rings (SSSR count). The third kappa shape index (κ3) is 4.95.